The van der Waals surface area contributed by atoms with Crippen molar-refractivity contribution < 1.29 is 33.7 Å². The maximum Gasteiger partial charge on any atom is 0.336 e. The molecule has 1 aromatic carbocycles. The average molecular weight is 731 g/mol. The summed E-state index contributed by atoms with van der Waals surface area (Å²) in [5.74, 6) is 1.86. The zero-order valence-electron chi connectivity index (χ0n) is 33.6. The molecule has 4 fully saturated rings. The summed E-state index contributed by atoms with van der Waals surface area (Å²) in [6.45, 7) is 20.5. The van der Waals surface area contributed by atoms with Gasteiger partial charge in [-0.1, -0.05) is 74.0 Å². The van der Waals surface area contributed by atoms with E-state index in [2.05, 4.69) is 54.5 Å². The third-order valence-corrected chi connectivity index (χ3v) is 16.2. The van der Waals surface area contributed by atoms with Crippen LogP contribution in [0, 0.1) is 50.2 Å². The number of carboxylic acids is 1. The van der Waals surface area contributed by atoms with Gasteiger partial charge in [-0.2, -0.15) is 0 Å². The van der Waals surface area contributed by atoms with E-state index in [1.54, 1.807) is 19.2 Å². The van der Waals surface area contributed by atoms with Gasteiger partial charge in [0.1, 0.15) is 22.3 Å². The fraction of sp³-hybridized carbons (Fsp3) is 0.689. The molecule has 8 rings (SSSR count). The summed E-state index contributed by atoms with van der Waals surface area (Å²) < 4.78 is 16.4. The first-order valence-corrected chi connectivity index (χ1v) is 20.0. The second-order valence-corrected chi connectivity index (χ2v) is 20.0. The average Bonchev–Trinajstić information content (AvgIpc) is 3.43. The summed E-state index contributed by atoms with van der Waals surface area (Å²) in [5, 5.41) is 34.8. The molecule has 8 nitrogen and oxygen atoms in total. The number of benzene rings is 1. The van der Waals surface area contributed by atoms with E-state index in [4.69, 9.17) is 13.6 Å². The molecule has 0 amide bonds. The first-order valence-electron chi connectivity index (χ1n) is 20.0. The van der Waals surface area contributed by atoms with Crippen LogP contribution in [-0.4, -0.2) is 40.6 Å². The normalized spacial score (nSPS) is 38.4. The minimum Gasteiger partial charge on any atom is -0.492 e. The van der Waals surface area contributed by atoms with Crippen LogP contribution >= 0.6 is 0 Å². The molecule has 4 saturated carbocycles. The fourth-order valence-corrected chi connectivity index (χ4v) is 13.0. The predicted molar refractivity (Wildman–Crippen MR) is 207 cm³/mol. The third-order valence-electron chi connectivity index (χ3n) is 16.2. The van der Waals surface area contributed by atoms with Crippen LogP contribution in [0.3, 0.4) is 0 Å². The van der Waals surface area contributed by atoms with Gasteiger partial charge in [-0.15, -0.1) is 0 Å². The highest BCUT2D eigenvalue weighted by molar-refractivity contribution is 5.97. The van der Waals surface area contributed by atoms with E-state index in [0.29, 0.717) is 35.8 Å². The number of allylic oxidation sites excluding steroid dienone is 2. The highest BCUT2D eigenvalue weighted by Gasteiger charge is 2.71. The van der Waals surface area contributed by atoms with Crippen LogP contribution in [0.25, 0.3) is 21.9 Å². The number of methoxy groups -OCH3 is 1. The Morgan fingerprint density at radius 3 is 2.25 bits per heavy atom. The molecule has 9 unspecified atom stereocenters. The number of carboxylic acid groups (broad SMARTS) is 1. The number of fused-ring (bicyclic) bond motifs is 9. The molecule has 0 saturated heterocycles. The Bertz CT molecular complexity index is 2010. The van der Waals surface area contributed by atoms with Gasteiger partial charge in [0.05, 0.1) is 24.7 Å². The van der Waals surface area contributed by atoms with Gasteiger partial charge < -0.3 is 28.9 Å². The zero-order chi connectivity index (χ0) is 38.7. The summed E-state index contributed by atoms with van der Waals surface area (Å²) >= 11 is 0. The lowest BCUT2D eigenvalue weighted by Gasteiger charge is -2.71. The van der Waals surface area contributed by atoms with Crippen molar-refractivity contribution in [1.82, 2.24) is 0 Å². The van der Waals surface area contributed by atoms with Crippen LogP contribution in [0.1, 0.15) is 132 Å². The summed E-state index contributed by atoms with van der Waals surface area (Å²) in [5.41, 5.74) is 1.12. The fourth-order valence-electron chi connectivity index (χ4n) is 13.0. The first-order chi connectivity index (χ1) is 24.7. The number of aliphatic hydroxyl groups excluding tert-OH is 2. The van der Waals surface area contributed by atoms with Gasteiger partial charge in [0.15, 0.2) is 5.75 Å². The highest BCUT2D eigenvalue weighted by atomic mass is 16.5. The lowest BCUT2D eigenvalue weighted by atomic mass is 9.33. The Kier molecular flexibility index (Phi) is 8.98. The number of rotatable bonds is 3. The Hall–Kier alpha value is -3.10. The summed E-state index contributed by atoms with van der Waals surface area (Å²) in [6, 6.07) is 6.80. The van der Waals surface area contributed by atoms with E-state index < -0.39 is 17.5 Å². The molecule has 2 heterocycles. The van der Waals surface area contributed by atoms with Crippen molar-refractivity contribution in [3.05, 3.63) is 52.1 Å². The van der Waals surface area contributed by atoms with Gasteiger partial charge in [-0.3, -0.25) is 4.79 Å². The number of ether oxygens (including phenoxy) is 1. The lowest BCUT2D eigenvalue weighted by Crippen LogP contribution is -2.67. The van der Waals surface area contributed by atoms with Crippen LogP contribution in [0.4, 0.5) is 0 Å². The molecule has 5 aliphatic carbocycles. The summed E-state index contributed by atoms with van der Waals surface area (Å²) in [7, 11) is 1.63. The van der Waals surface area contributed by atoms with Crippen molar-refractivity contribution in [2.45, 2.75) is 138 Å². The monoisotopic (exact) mass is 730 g/mol. The standard InChI is InChI=1S/C30H48O4.C15H14O4/c1-25(2)14-15-30(24(33)34)19(16-25)18-8-9-21-27(5)12-11-22(31)26(3,4)20(27)10-13-28(21,6)29(18,7)17-23(30)32;1-8(2)14-15(17-3)10-6-9-4-5-13(16)18-11(9)7-12(10)19-14/h8,19-23,31-32H,9-17H2,1-7H3,(H,33,34);4-8H,1-3H3. The molecule has 3 N–H and O–H groups in total. The molecular weight excluding hydrogens is 668 g/mol. The van der Waals surface area contributed by atoms with E-state index in [1.165, 1.54) is 11.6 Å². The van der Waals surface area contributed by atoms with Gasteiger partial charge in [0.25, 0.3) is 0 Å². The molecule has 0 bridgehead atoms. The minimum atomic E-state index is -1.04. The second-order valence-electron chi connectivity index (χ2n) is 20.0. The summed E-state index contributed by atoms with van der Waals surface area (Å²) in [6.07, 6.45) is 9.35. The number of hydrogen-bond acceptors (Lipinski definition) is 7. The number of furan rings is 1. The molecule has 290 valence electrons. The molecule has 53 heavy (non-hydrogen) atoms. The lowest BCUT2D eigenvalue weighted by molar-refractivity contribution is -0.218. The van der Waals surface area contributed by atoms with E-state index >= 15 is 0 Å². The number of aliphatic hydroxyl groups is 2. The van der Waals surface area contributed by atoms with Crippen LogP contribution in [0.15, 0.2) is 49.5 Å². The quantitative estimate of drug-likeness (QED) is 0.179. The Morgan fingerprint density at radius 1 is 0.868 bits per heavy atom. The summed E-state index contributed by atoms with van der Waals surface area (Å²) in [4.78, 5) is 24.0. The smallest absolute Gasteiger partial charge is 0.336 e. The van der Waals surface area contributed by atoms with Gasteiger partial charge in [-0.25, -0.2) is 4.79 Å². The van der Waals surface area contributed by atoms with Crippen molar-refractivity contribution in [3.8, 4) is 5.75 Å². The Balaban J connectivity index is 0.000000193. The SMILES string of the molecule is CC1(C)CCC2(C(=O)O)C(O)CC3(C)C(=CCC4C5(C)CCC(O)C(C)(C)C5CCC43C)C2C1.COc1c(C(C)C)oc2cc3oc(=O)ccc3cc12. The highest BCUT2D eigenvalue weighted by Crippen LogP contribution is 2.75. The van der Waals surface area contributed by atoms with Crippen molar-refractivity contribution in [2.75, 3.05) is 7.11 Å². The van der Waals surface area contributed by atoms with Crippen LogP contribution in [0.2, 0.25) is 0 Å². The molecule has 2 aromatic heterocycles. The second kappa shape index (κ2) is 12.5. The molecule has 9 atom stereocenters. The van der Waals surface area contributed by atoms with Crippen molar-refractivity contribution >= 4 is 27.9 Å². The molecule has 5 aliphatic rings. The predicted octanol–water partition coefficient (Wildman–Crippen LogP) is 9.88. The maximum absolute atomic E-state index is 12.8. The van der Waals surface area contributed by atoms with Crippen molar-refractivity contribution in [1.29, 1.82) is 0 Å². The molecule has 0 radical (unpaired) electrons. The Labute approximate surface area is 314 Å². The maximum atomic E-state index is 12.8. The number of hydrogen-bond donors (Lipinski definition) is 3. The van der Waals surface area contributed by atoms with Crippen LogP contribution in [0.5, 0.6) is 5.75 Å². The van der Waals surface area contributed by atoms with E-state index in [1.807, 2.05) is 19.9 Å². The molecule has 0 spiro atoms. The molecule has 8 heteroatoms. The first kappa shape index (κ1) is 38.2. The van der Waals surface area contributed by atoms with Crippen LogP contribution in [-0.2, 0) is 4.79 Å². The minimum absolute atomic E-state index is 0.0218. The Morgan fingerprint density at radius 2 is 1.58 bits per heavy atom. The topological polar surface area (TPSA) is 130 Å². The van der Waals surface area contributed by atoms with Crippen molar-refractivity contribution in [3.63, 3.8) is 0 Å². The molecular formula is C45H62O8. The van der Waals surface area contributed by atoms with E-state index in [0.717, 1.165) is 67.2 Å². The van der Waals surface area contributed by atoms with Gasteiger partial charge in [0.2, 0.25) is 0 Å². The zero-order valence-corrected chi connectivity index (χ0v) is 33.6. The van der Waals surface area contributed by atoms with E-state index in [9.17, 15) is 24.9 Å². The largest absolute Gasteiger partial charge is 0.492 e. The number of aliphatic carboxylic acids is 1. The van der Waals surface area contributed by atoms with E-state index in [-0.39, 0.29) is 50.6 Å². The molecule has 3 aromatic rings. The van der Waals surface area contributed by atoms with Gasteiger partial charge >= 0.3 is 11.6 Å². The van der Waals surface area contributed by atoms with Gasteiger partial charge in [-0.05, 0) is 115 Å². The van der Waals surface area contributed by atoms with Crippen LogP contribution < -0.4 is 10.4 Å². The third kappa shape index (κ3) is 5.42. The molecule has 0 aliphatic heterocycles. The van der Waals surface area contributed by atoms with Gasteiger partial charge in [0, 0.05) is 23.4 Å². The number of carbonyl (C=O) groups is 1. The van der Waals surface area contributed by atoms with Crippen molar-refractivity contribution in [2.24, 2.45) is 50.2 Å².